The SMILES string of the molecule is CC1CCN(c2ccc(NC(=S)N[C@H](C)c3ccccc3)cn2)CC1. The summed E-state index contributed by atoms with van der Waals surface area (Å²) < 4.78 is 0. The molecule has 25 heavy (non-hydrogen) atoms. The highest BCUT2D eigenvalue weighted by Gasteiger charge is 2.16. The summed E-state index contributed by atoms with van der Waals surface area (Å²) in [5, 5.41) is 7.14. The van der Waals surface area contributed by atoms with Crippen LogP contribution in [0.5, 0.6) is 0 Å². The molecule has 2 heterocycles. The van der Waals surface area contributed by atoms with E-state index in [4.69, 9.17) is 12.2 Å². The van der Waals surface area contributed by atoms with E-state index in [-0.39, 0.29) is 6.04 Å². The predicted molar refractivity (Wildman–Crippen MR) is 109 cm³/mol. The van der Waals surface area contributed by atoms with Crippen molar-refractivity contribution in [1.82, 2.24) is 10.3 Å². The fourth-order valence-corrected chi connectivity index (χ4v) is 3.37. The molecule has 0 saturated carbocycles. The van der Waals surface area contributed by atoms with E-state index in [1.165, 1.54) is 18.4 Å². The number of aromatic nitrogens is 1. The molecular weight excluding hydrogens is 328 g/mol. The van der Waals surface area contributed by atoms with Crippen molar-refractivity contribution in [2.45, 2.75) is 32.7 Å². The van der Waals surface area contributed by atoms with E-state index < -0.39 is 0 Å². The third kappa shape index (κ3) is 4.92. The topological polar surface area (TPSA) is 40.2 Å². The molecule has 1 aliphatic heterocycles. The summed E-state index contributed by atoms with van der Waals surface area (Å²) in [5.41, 5.74) is 2.12. The lowest BCUT2D eigenvalue weighted by Crippen LogP contribution is -2.33. The number of pyridine rings is 1. The summed E-state index contributed by atoms with van der Waals surface area (Å²) in [7, 11) is 0. The summed E-state index contributed by atoms with van der Waals surface area (Å²) in [5.74, 6) is 1.88. The van der Waals surface area contributed by atoms with Gasteiger partial charge in [0.05, 0.1) is 17.9 Å². The maximum atomic E-state index is 5.42. The Hall–Kier alpha value is -2.14. The smallest absolute Gasteiger partial charge is 0.171 e. The zero-order chi connectivity index (χ0) is 17.6. The molecule has 0 bridgehead atoms. The number of piperidine rings is 1. The van der Waals surface area contributed by atoms with Gasteiger partial charge in [0.1, 0.15) is 5.82 Å². The molecule has 132 valence electrons. The zero-order valence-corrected chi connectivity index (χ0v) is 15.7. The van der Waals surface area contributed by atoms with Gasteiger partial charge < -0.3 is 15.5 Å². The van der Waals surface area contributed by atoms with E-state index in [9.17, 15) is 0 Å². The van der Waals surface area contributed by atoms with Crippen LogP contribution in [0.1, 0.15) is 38.3 Å². The van der Waals surface area contributed by atoms with E-state index in [1.54, 1.807) is 0 Å². The highest BCUT2D eigenvalue weighted by molar-refractivity contribution is 7.80. The van der Waals surface area contributed by atoms with Gasteiger partial charge in [-0.25, -0.2) is 4.98 Å². The number of rotatable bonds is 4. The number of hydrogen-bond donors (Lipinski definition) is 2. The van der Waals surface area contributed by atoms with Crippen LogP contribution in [0.15, 0.2) is 48.7 Å². The Labute approximate surface area is 155 Å². The molecule has 2 N–H and O–H groups in total. The second-order valence-electron chi connectivity index (χ2n) is 6.81. The Morgan fingerprint density at radius 1 is 1.16 bits per heavy atom. The third-order valence-electron chi connectivity index (χ3n) is 4.76. The molecule has 2 aromatic rings. The first kappa shape index (κ1) is 17.7. The standard InChI is InChI=1S/C20H26N4S/c1-15-10-12-24(13-11-15)19-9-8-18(14-21-19)23-20(25)22-16(2)17-6-4-3-5-7-17/h3-9,14-16H,10-13H2,1-2H3,(H2,22,23,25)/t16-/m1/s1. The summed E-state index contributed by atoms with van der Waals surface area (Å²) in [4.78, 5) is 6.95. The molecule has 1 atom stereocenters. The van der Waals surface area contributed by atoms with Crippen molar-refractivity contribution in [2.24, 2.45) is 5.92 Å². The minimum Gasteiger partial charge on any atom is -0.357 e. The summed E-state index contributed by atoms with van der Waals surface area (Å²) >= 11 is 5.42. The Bertz CT molecular complexity index is 679. The molecule has 4 nitrogen and oxygen atoms in total. The van der Waals surface area contributed by atoms with Crippen LogP contribution in [-0.2, 0) is 0 Å². The molecule has 0 aliphatic carbocycles. The maximum Gasteiger partial charge on any atom is 0.171 e. The predicted octanol–water partition coefficient (Wildman–Crippen LogP) is 4.37. The van der Waals surface area contributed by atoms with Crippen LogP contribution < -0.4 is 15.5 Å². The number of nitrogens with zero attached hydrogens (tertiary/aromatic N) is 2. The van der Waals surface area contributed by atoms with Crippen molar-refractivity contribution in [1.29, 1.82) is 0 Å². The molecule has 0 amide bonds. The lowest BCUT2D eigenvalue weighted by Gasteiger charge is -2.31. The first-order valence-electron chi connectivity index (χ1n) is 8.95. The molecule has 0 radical (unpaired) electrons. The van der Waals surface area contributed by atoms with Gasteiger partial charge in [-0.15, -0.1) is 0 Å². The Kier molecular flexibility index (Phi) is 5.87. The number of benzene rings is 1. The van der Waals surface area contributed by atoms with Gasteiger partial charge in [0.2, 0.25) is 0 Å². The van der Waals surface area contributed by atoms with Crippen LogP contribution in [0.2, 0.25) is 0 Å². The van der Waals surface area contributed by atoms with Gasteiger partial charge in [0.15, 0.2) is 5.11 Å². The minimum absolute atomic E-state index is 0.156. The average molecular weight is 355 g/mol. The number of anilines is 2. The Balaban J connectivity index is 1.53. The van der Waals surface area contributed by atoms with Crippen molar-refractivity contribution in [3.05, 3.63) is 54.2 Å². The normalized spacial score (nSPS) is 16.3. The fraction of sp³-hybridized carbons (Fsp3) is 0.400. The van der Waals surface area contributed by atoms with E-state index >= 15 is 0 Å². The number of hydrogen-bond acceptors (Lipinski definition) is 3. The van der Waals surface area contributed by atoms with Crippen LogP contribution in [0.3, 0.4) is 0 Å². The van der Waals surface area contributed by atoms with Crippen LogP contribution >= 0.6 is 12.2 Å². The van der Waals surface area contributed by atoms with E-state index in [0.717, 1.165) is 30.5 Å². The van der Waals surface area contributed by atoms with Crippen LogP contribution in [0.4, 0.5) is 11.5 Å². The van der Waals surface area contributed by atoms with Gasteiger partial charge in [0.25, 0.3) is 0 Å². The van der Waals surface area contributed by atoms with Gasteiger partial charge in [-0.1, -0.05) is 37.3 Å². The lowest BCUT2D eigenvalue weighted by molar-refractivity contribution is 0.436. The monoisotopic (exact) mass is 354 g/mol. The molecule has 1 fully saturated rings. The van der Waals surface area contributed by atoms with Crippen molar-refractivity contribution in [3.63, 3.8) is 0 Å². The molecule has 0 unspecified atom stereocenters. The Morgan fingerprint density at radius 2 is 1.88 bits per heavy atom. The number of thiocarbonyl (C=S) groups is 1. The van der Waals surface area contributed by atoms with Crippen molar-refractivity contribution < 1.29 is 0 Å². The molecule has 1 saturated heterocycles. The quantitative estimate of drug-likeness (QED) is 0.798. The van der Waals surface area contributed by atoms with Crippen molar-refractivity contribution in [2.75, 3.05) is 23.3 Å². The summed E-state index contributed by atoms with van der Waals surface area (Å²) in [6.45, 7) is 6.61. The second-order valence-corrected chi connectivity index (χ2v) is 7.21. The largest absolute Gasteiger partial charge is 0.357 e. The second kappa shape index (κ2) is 8.30. The maximum absolute atomic E-state index is 5.42. The van der Waals surface area contributed by atoms with Crippen molar-refractivity contribution >= 4 is 28.8 Å². The van der Waals surface area contributed by atoms with Crippen LogP contribution in [0, 0.1) is 5.92 Å². The first-order valence-corrected chi connectivity index (χ1v) is 9.36. The minimum atomic E-state index is 0.156. The summed E-state index contributed by atoms with van der Waals surface area (Å²) in [6.07, 6.45) is 4.34. The molecule has 3 rings (SSSR count). The fourth-order valence-electron chi connectivity index (χ4n) is 3.07. The van der Waals surface area contributed by atoms with E-state index in [1.807, 2.05) is 30.5 Å². The molecular formula is C20H26N4S. The van der Waals surface area contributed by atoms with Gasteiger partial charge >= 0.3 is 0 Å². The van der Waals surface area contributed by atoms with Gasteiger partial charge in [-0.2, -0.15) is 0 Å². The van der Waals surface area contributed by atoms with Gasteiger partial charge in [-0.05, 0) is 55.6 Å². The molecule has 1 aromatic heterocycles. The van der Waals surface area contributed by atoms with Crippen molar-refractivity contribution in [3.8, 4) is 0 Å². The van der Waals surface area contributed by atoms with Crippen LogP contribution in [-0.4, -0.2) is 23.2 Å². The highest BCUT2D eigenvalue weighted by atomic mass is 32.1. The lowest BCUT2D eigenvalue weighted by atomic mass is 9.99. The Morgan fingerprint density at radius 3 is 2.52 bits per heavy atom. The summed E-state index contributed by atoms with van der Waals surface area (Å²) in [6, 6.07) is 14.5. The molecule has 1 aromatic carbocycles. The van der Waals surface area contributed by atoms with Gasteiger partial charge in [-0.3, -0.25) is 0 Å². The van der Waals surface area contributed by atoms with Crippen LogP contribution in [0.25, 0.3) is 0 Å². The van der Waals surface area contributed by atoms with Gasteiger partial charge in [0, 0.05) is 13.1 Å². The molecule has 1 aliphatic rings. The molecule has 5 heteroatoms. The van der Waals surface area contributed by atoms with E-state index in [0.29, 0.717) is 5.11 Å². The highest BCUT2D eigenvalue weighted by Crippen LogP contribution is 2.22. The number of nitrogens with one attached hydrogen (secondary N) is 2. The average Bonchev–Trinajstić information content (AvgIpc) is 2.64. The zero-order valence-electron chi connectivity index (χ0n) is 14.9. The first-order chi connectivity index (χ1) is 12.1. The van der Waals surface area contributed by atoms with E-state index in [2.05, 4.69) is 52.6 Å². The third-order valence-corrected chi connectivity index (χ3v) is 4.98. The molecule has 0 spiro atoms.